The van der Waals surface area contributed by atoms with Gasteiger partial charge in [-0.15, -0.1) is 8.58 Å². The van der Waals surface area contributed by atoms with Crippen LogP contribution in [0.3, 0.4) is 0 Å². The minimum absolute atomic E-state index is 0.447. The highest BCUT2D eigenvalue weighted by Crippen LogP contribution is 2.68. The summed E-state index contributed by atoms with van der Waals surface area (Å²) in [7, 11) is 1.10. The standard InChI is InChI=1S/C30H53P/c1-20-19-23-25-14-12-22(13-15-27(31-8)21(2)28(3,4)5)29(25,6)18-16-26(23)30(7)17-10-9-11-24(20)30/h21-27,31H,1,9-19H2,2-8H3. The monoisotopic (exact) mass is 444 g/mol. The van der Waals surface area contributed by atoms with Crippen molar-refractivity contribution in [3.8, 4) is 0 Å². The zero-order valence-corrected chi connectivity index (χ0v) is 23.0. The van der Waals surface area contributed by atoms with Gasteiger partial charge in [0.15, 0.2) is 0 Å². The van der Waals surface area contributed by atoms with E-state index >= 15 is 0 Å². The highest BCUT2D eigenvalue weighted by molar-refractivity contribution is 7.37. The number of fused-ring (bicyclic) bond motifs is 5. The summed E-state index contributed by atoms with van der Waals surface area (Å²) in [6.07, 6.45) is 16.3. The van der Waals surface area contributed by atoms with E-state index in [-0.39, 0.29) is 0 Å². The molecule has 31 heavy (non-hydrogen) atoms. The van der Waals surface area contributed by atoms with Crippen molar-refractivity contribution in [2.24, 2.45) is 51.8 Å². The molecule has 0 aromatic carbocycles. The second kappa shape index (κ2) is 8.75. The molecule has 0 saturated heterocycles. The molecule has 0 N–H and O–H groups in total. The normalized spacial score (nSPS) is 45.3. The maximum Gasteiger partial charge on any atom is -0.0149 e. The Morgan fingerprint density at radius 2 is 1.71 bits per heavy atom. The van der Waals surface area contributed by atoms with Gasteiger partial charge >= 0.3 is 0 Å². The Kier molecular flexibility index (Phi) is 6.86. The number of allylic oxidation sites excluding steroid dienone is 1. The molecule has 0 bridgehead atoms. The van der Waals surface area contributed by atoms with Crippen LogP contribution in [0, 0.1) is 51.8 Å². The fourth-order valence-corrected chi connectivity index (χ4v) is 11.0. The van der Waals surface area contributed by atoms with Crippen molar-refractivity contribution in [3.63, 3.8) is 0 Å². The van der Waals surface area contributed by atoms with Crippen molar-refractivity contribution < 1.29 is 0 Å². The molecule has 4 rings (SSSR count). The van der Waals surface area contributed by atoms with E-state index in [0.717, 1.165) is 49.7 Å². The molecule has 0 radical (unpaired) electrons. The van der Waals surface area contributed by atoms with Crippen LogP contribution in [0.25, 0.3) is 0 Å². The lowest BCUT2D eigenvalue weighted by atomic mass is 9.44. The summed E-state index contributed by atoms with van der Waals surface area (Å²) < 4.78 is 0. The third-order valence-corrected chi connectivity index (χ3v) is 13.4. The third-order valence-electron chi connectivity index (χ3n) is 11.9. The van der Waals surface area contributed by atoms with E-state index in [0.29, 0.717) is 16.2 Å². The van der Waals surface area contributed by atoms with Gasteiger partial charge in [-0.1, -0.05) is 66.5 Å². The van der Waals surface area contributed by atoms with Gasteiger partial charge in [-0.2, -0.15) is 0 Å². The summed E-state index contributed by atoms with van der Waals surface area (Å²) in [5.74, 6) is 5.58. The molecule has 0 aromatic rings. The molecule has 10 atom stereocenters. The maximum absolute atomic E-state index is 4.70. The van der Waals surface area contributed by atoms with Gasteiger partial charge in [0.25, 0.3) is 0 Å². The molecule has 0 amide bonds. The highest BCUT2D eigenvalue weighted by atomic mass is 31.1. The Bertz CT molecular complexity index is 658. The summed E-state index contributed by atoms with van der Waals surface area (Å²) in [5.41, 5.74) is 4.22. The van der Waals surface area contributed by atoms with E-state index < -0.39 is 0 Å². The van der Waals surface area contributed by atoms with Crippen molar-refractivity contribution >= 4 is 8.58 Å². The van der Waals surface area contributed by atoms with Crippen LogP contribution in [0.2, 0.25) is 0 Å². The lowest BCUT2D eigenvalue weighted by Crippen LogP contribution is -2.53. The van der Waals surface area contributed by atoms with Crippen LogP contribution in [0.15, 0.2) is 12.2 Å². The van der Waals surface area contributed by atoms with E-state index in [1.807, 2.05) is 0 Å². The van der Waals surface area contributed by atoms with Crippen LogP contribution >= 0.6 is 8.58 Å². The fraction of sp³-hybridized carbons (Fsp3) is 0.933. The quantitative estimate of drug-likeness (QED) is 0.293. The molecule has 4 saturated carbocycles. The average Bonchev–Trinajstić information content (AvgIpc) is 3.04. The van der Waals surface area contributed by atoms with Crippen molar-refractivity contribution in [2.45, 2.75) is 118 Å². The Morgan fingerprint density at radius 3 is 2.39 bits per heavy atom. The SMILES string of the molecule is C=C1CC2C3CCC(CCC(PC)C(C)C(C)(C)C)C3(C)CCC2C2(C)CCCCC12. The van der Waals surface area contributed by atoms with Crippen molar-refractivity contribution in [3.05, 3.63) is 12.2 Å². The molecular weight excluding hydrogens is 391 g/mol. The van der Waals surface area contributed by atoms with Crippen LogP contribution in [0.4, 0.5) is 0 Å². The van der Waals surface area contributed by atoms with Gasteiger partial charge < -0.3 is 0 Å². The first-order valence-corrected chi connectivity index (χ1v) is 15.4. The zero-order chi connectivity index (χ0) is 22.6. The van der Waals surface area contributed by atoms with E-state index in [1.54, 1.807) is 5.57 Å². The predicted molar refractivity (Wildman–Crippen MR) is 140 cm³/mol. The van der Waals surface area contributed by atoms with E-state index in [1.165, 1.54) is 70.6 Å². The second-order valence-corrected chi connectivity index (χ2v) is 15.3. The van der Waals surface area contributed by atoms with Crippen LogP contribution in [-0.4, -0.2) is 12.3 Å². The summed E-state index contributed by atoms with van der Waals surface area (Å²) in [5, 5.41) is 0. The molecule has 4 aliphatic carbocycles. The van der Waals surface area contributed by atoms with Crippen LogP contribution in [-0.2, 0) is 0 Å². The van der Waals surface area contributed by atoms with Crippen LogP contribution < -0.4 is 0 Å². The molecule has 178 valence electrons. The van der Waals surface area contributed by atoms with Crippen LogP contribution in [0.1, 0.15) is 112 Å². The largest absolute Gasteiger partial charge is 0.122 e. The van der Waals surface area contributed by atoms with Gasteiger partial charge in [-0.3, -0.25) is 0 Å². The summed E-state index contributed by atoms with van der Waals surface area (Å²) >= 11 is 0. The average molecular weight is 445 g/mol. The van der Waals surface area contributed by atoms with Gasteiger partial charge in [0, 0.05) is 0 Å². The molecule has 0 spiro atoms. The minimum atomic E-state index is 0.447. The lowest BCUT2D eigenvalue weighted by molar-refractivity contribution is -0.0898. The first-order valence-electron chi connectivity index (χ1n) is 13.9. The van der Waals surface area contributed by atoms with E-state index in [2.05, 4.69) is 48.2 Å². The summed E-state index contributed by atoms with van der Waals surface area (Å²) in [6.45, 7) is 22.5. The Labute approximate surface area is 197 Å². The molecule has 4 fully saturated rings. The van der Waals surface area contributed by atoms with Crippen molar-refractivity contribution in [1.29, 1.82) is 0 Å². The van der Waals surface area contributed by atoms with E-state index in [4.69, 9.17) is 6.58 Å². The van der Waals surface area contributed by atoms with Crippen LogP contribution in [0.5, 0.6) is 0 Å². The highest BCUT2D eigenvalue weighted by Gasteiger charge is 2.60. The Morgan fingerprint density at radius 1 is 1.00 bits per heavy atom. The summed E-state index contributed by atoms with van der Waals surface area (Å²) in [4.78, 5) is 0. The smallest absolute Gasteiger partial charge is 0.0149 e. The summed E-state index contributed by atoms with van der Waals surface area (Å²) in [6, 6.07) is 0. The first kappa shape index (κ1) is 24.3. The zero-order valence-electron chi connectivity index (χ0n) is 22.0. The van der Waals surface area contributed by atoms with Gasteiger partial charge in [-0.05, 0) is 122 Å². The minimum Gasteiger partial charge on any atom is -0.122 e. The van der Waals surface area contributed by atoms with Crippen molar-refractivity contribution in [2.75, 3.05) is 6.66 Å². The number of hydrogen-bond acceptors (Lipinski definition) is 0. The Balaban J connectivity index is 1.47. The maximum atomic E-state index is 4.70. The first-order chi connectivity index (χ1) is 14.5. The fourth-order valence-electron chi connectivity index (χ4n) is 9.52. The molecule has 0 aliphatic heterocycles. The van der Waals surface area contributed by atoms with Crippen molar-refractivity contribution in [1.82, 2.24) is 0 Å². The van der Waals surface area contributed by atoms with Gasteiger partial charge in [0.05, 0.1) is 0 Å². The molecule has 0 nitrogen and oxygen atoms in total. The Hall–Kier alpha value is 0.170. The topological polar surface area (TPSA) is 0 Å². The van der Waals surface area contributed by atoms with Gasteiger partial charge in [0.1, 0.15) is 0 Å². The third kappa shape index (κ3) is 4.13. The molecular formula is C30H53P. The molecule has 1 heteroatoms. The van der Waals surface area contributed by atoms with Gasteiger partial charge in [-0.25, -0.2) is 0 Å². The molecule has 4 aliphatic rings. The predicted octanol–water partition coefficient (Wildman–Crippen LogP) is 9.34. The molecule has 0 heterocycles. The molecule has 10 unspecified atom stereocenters. The number of rotatable bonds is 5. The van der Waals surface area contributed by atoms with E-state index in [9.17, 15) is 0 Å². The number of hydrogen-bond donors (Lipinski definition) is 0. The second-order valence-electron chi connectivity index (χ2n) is 14.0. The molecule has 0 aromatic heterocycles. The lowest BCUT2D eigenvalue weighted by Gasteiger charge is -2.61. The van der Waals surface area contributed by atoms with Gasteiger partial charge in [0.2, 0.25) is 0 Å².